The molecule has 104 valence electrons. The number of nitrogens with zero attached hydrogens (tertiary/aromatic N) is 1. The number of piperidine rings is 1. The molecule has 1 atom stereocenters. The van der Waals surface area contributed by atoms with Gasteiger partial charge in [-0.05, 0) is 38.7 Å². The lowest BCUT2D eigenvalue weighted by molar-refractivity contribution is -0.145. The molecule has 19 heavy (non-hydrogen) atoms. The minimum absolute atomic E-state index is 0.112. The smallest absolute Gasteiger partial charge is 0.307 e. The van der Waals surface area contributed by atoms with Gasteiger partial charge in [0.2, 0.25) is 0 Å². The fourth-order valence-electron chi connectivity index (χ4n) is 2.79. The van der Waals surface area contributed by atoms with Gasteiger partial charge in [0, 0.05) is 18.6 Å². The summed E-state index contributed by atoms with van der Waals surface area (Å²) in [6.45, 7) is 6.04. The molecule has 0 bridgehead atoms. The summed E-state index contributed by atoms with van der Waals surface area (Å²) in [5, 5.41) is 9.18. The molecule has 1 fully saturated rings. The Morgan fingerprint density at radius 1 is 1.37 bits per heavy atom. The predicted octanol–water partition coefficient (Wildman–Crippen LogP) is 2.80. The van der Waals surface area contributed by atoms with Crippen molar-refractivity contribution in [2.75, 3.05) is 13.1 Å². The van der Waals surface area contributed by atoms with Crippen LogP contribution in [0.3, 0.4) is 0 Å². The fourth-order valence-corrected chi connectivity index (χ4v) is 2.79. The number of benzene rings is 1. The summed E-state index contributed by atoms with van der Waals surface area (Å²) in [5.74, 6) is -0.857. The highest BCUT2D eigenvalue weighted by Crippen LogP contribution is 2.30. The van der Waals surface area contributed by atoms with Crippen LogP contribution in [0, 0.1) is 5.92 Å². The standard InChI is InChI=1S/C16H23NO2/c1-16(2)10-8-14(15(18)19)12-17(16)11-9-13-6-4-3-5-7-13/h3-7,14H,8-12H2,1-2H3,(H,18,19). The molecule has 1 aliphatic heterocycles. The lowest BCUT2D eigenvalue weighted by Gasteiger charge is -2.44. The zero-order valence-corrected chi connectivity index (χ0v) is 11.8. The van der Waals surface area contributed by atoms with Crippen LogP contribution in [0.15, 0.2) is 30.3 Å². The van der Waals surface area contributed by atoms with E-state index in [1.165, 1.54) is 5.56 Å². The number of likely N-dealkylation sites (tertiary alicyclic amines) is 1. The van der Waals surface area contributed by atoms with Crippen molar-refractivity contribution in [3.8, 4) is 0 Å². The van der Waals surface area contributed by atoms with Crippen molar-refractivity contribution < 1.29 is 9.90 Å². The monoisotopic (exact) mass is 261 g/mol. The van der Waals surface area contributed by atoms with Gasteiger partial charge in [-0.25, -0.2) is 0 Å². The van der Waals surface area contributed by atoms with Gasteiger partial charge in [-0.3, -0.25) is 9.69 Å². The summed E-state index contributed by atoms with van der Waals surface area (Å²) < 4.78 is 0. The van der Waals surface area contributed by atoms with E-state index in [0.29, 0.717) is 6.54 Å². The molecule has 1 N–H and O–H groups in total. The summed E-state index contributed by atoms with van der Waals surface area (Å²) in [7, 11) is 0. The van der Waals surface area contributed by atoms with Crippen molar-refractivity contribution in [2.45, 2.75) is 38.6 Å². The third kappa shape index (κ3) is 3.57. The maximum atomic E-state index is 11.2. The van der Waals surface area contributed by atoms with Gasteiger partial charge in [-0.1, -0.05) is 30.3 Å². The van der Waals surface area contributed by atoms with Gasteiger partial charge in [0.1, 0.15) is 0 Å². The van der Waals surface area contributed by atoms with Crippen LogP contribution in [-0.4, -0.2) is 34.6 Å². The maximum absolute atomic E-state index is 11.2. The lowest BCUT2D eigenvalue weighted by Crippen LogP contribution is -2.52. The molecular weight excluding hydrogens is 238 g/mol. The maximum Gasteiger partial charge on any atom is 0.307 e. The molecule has 1 aromatic rings. The van der Waals surface area contributed by atoms with E-state index in [1.807, 2.05) is 6.07 Å². The summed E-state index contributed by atoms with van der Waals surface area (Å²) >= 11 is 0. The van der Waals surface area contributed by atoms with E-state index in [4.69, 9.17) is 0 Å². The Morgan fingerprint density at radius 3 is 2.68 bits per heavy atom. The first kappa shape index (κ1) is 14.1. The molecule has 1 unspecified atom stereocenters. The van der Waals surface area contributed by atoms with Gasteiger partial charge in [0.15, 0.2) is 0 Å². The first-order chi connectivity index (χ1) is 8.99. The molecule has 1 heterocycles. The quantitative estimate of drug-likeness (QED) is 0.906. The average Bonchev–Trinajstić information content (AvgIpc) is 2.38. The third-order valence-corrected chi connectivity index (χ3v) is 4.26. The van der Waals surface area contributed by atoms with Gasteiger partial charge in [-0.15, -0.1) is 0 Å². The molecule has 1 aliphatic rings. The van der Waals surface area contributed by atoms with E-state index in [1.54, 1.807) is 0 Å². The van der Waals surface area contributed by atoms with Crippen molar-refractivity contribution in [3.63, 3.8) is 0 Å². The summed E-state index contributed by atoms with van der Waals surface area (Å²) in [4.78, 5) is 13.5. The van der Waals surface area contributed by atoms with Crippen LogP contribution in [0.25, 0.3) is 0 Å². The van der Waals surface area contributed by atoms with E-state index in [9.17, 15) is 9.90 Å². The van der Waals surface area contributed by atoms with Gasteiger partial charge in [0.05, 0.1) is 5.92 Å². The van der Waals surface area contributed by atoms with Crippen LogP contribution in [0.2, 0.25) is 0 Å². The summed E-state index contributed by atoms with van der Waals surface area (Å²) in [6.07, 6.45) is 2.74. The Kier molecular flexibility index (Phi) is 4.25. The fraction of sp³-hybridized carbons (Fsp3) is 0.562. The summed E-state index contributed by atoms with van der Waals surface area (Å²) in [5.41, 5.74) is 1.43. The highest BCUT2D eigenvalue weighted by Gasteiger charge is 2.36. The normalized spacial score (nSPS) is 23.2. The van der Waals surface area contributed by atoms with Crippen molar-refractivity contribution in [1.29, 1.82) is 0 Å². The van der Waals surface area contributed by atoms with Crippen LogP contribution in [0.4, 0.5) is 0 Å². The van der Waals surface area contributed by atoms with Crippen LogP contribution >= 0.6 is 0 Å². The Labute approximate surface area is 115 Å². The van der Waals surface area contributed by atoms with Crippen LogP contribution in [0.5, 0.6) is 0 Å². The number of carboxylic acid groups (broad SMARTS) is 1. The topological polar surface area (TPSA) is 40.5 Å². The molecule has 0 radical (unpaired) electrons. The number of aliphatic carboxylic acids is 1. The number of carboxylic acids is 1. The Bertz CT molecular complexity index is 428. The zero-order chi connectivity index (χ0) is 13.9. The van der Waals surface area contributed by atoms with Crippen molar-refractivity contribution >= 4 is 5.97 Å². The minimum Gasteiger partial charge on any atom is -0.481 e. The van der Waals surface area contributed by atoms with Gasteiger partial charge in [0.25, 0.3) is 0 Å². The van der Waals surface area contributed by atoms with Crippen LogP contribution in [-0.2, 0) is 11.2 Å². The first-order valence-corrected chi connectivity index (χ1v) is 7.01. The molecule has 0 spiro atoms. The van der Waals surface area contributed by atoms with E-state index in [2.05, 4.69) is 43.0 Å². The second-order valence-electron chi connectivity index (χ2n) is 6.07. The molecule has 3 nitrogen and oxygen atoms in total. The molecule has 1 saturated heterocycles. The van der Waals surface area contributed by atoms with E-state index in [-0.39, 0.29) is 11.5 Å². The zero-order valence-electron chi connectivity index (χ0n) is 11.8. The van der Waals surface area contributed by atoms with Crippen molar-refractivity contribution in [1.82, 2.24) is 4.90 Å². The molecule has 0 amide bonds. The Balaban J connectivity index is 1.97. The predicted molar refractivity (Wildman–Crippen MR) is 76.2 cm³/mol. The molecule has 3 heteroatoms. The van der Waals surface area contributed by atoms with E-state index < -0.39 is 5.97 Å². The van der Waals surface area contributed by atoms with Crippen LogP contribution in [0.1, 0.15) is 32.3 Å². The molecule has 2 rings (SSSR count). The minimum atomic E-state index is -0.653. The molecular formula is C16H23NO2. The Hall–Kier alpha value is -1.35. The first-order valence-electron chi connectivity index (χ1n) is 7.01. The number of hydrogen-bond acceptors (Lipinski definition) is 2. The van der Waals surface area contributed by atoms with Gasteiger partial charge < -0.3 is 5.11 Å². The molecule has 0 aromatic heterocycles. The molecule has 1 aromatic carbocycles. The SMILES string of the molecule is CC1(C)CCC(C(=O)O)CN1CCc1ccccc1. The van der Waals surface area contributed by atoms with Crippen molar-refractivity contribution in [2.24, 2.45) is 5.92 Å². The largest absolute Gasteiger partial charge is 0.481 e. The number of carbonyl (C=O) groups is 1. The Morgan fingerprint density at radius 2 is 2.05 bits per heavy atom. The second-order valence-corrected chi connectivity index (χ2v) is 6.07. The summed E-state index contributed by atoms with van der Waals surface area (Å²) in [6, 6.07) is 10.4. The van der Waals surface area contributed by atoms with Crippen LogP contribution < -0.4 is 0 Å². The van der Waals surface area contributed by atoms with Crippen molar-refractivity contribution in [3.05, 3.63) is 35.9 Å². The number of rotatable bonds is 4. The lowest BCUT2D eigenvalue weighted by atomic mass is 9.84. The van der Waals surface area contributed by atoms with Gasteiger partial charge in [-0.2, -0.15) is 0 Å². The molecule has 0 saturated carbocycles. The highest BCUT2D eigenvalue weighted by molar-refractivity contribution is 5.70. The second kappa shape index (κ2) is 5.74. The average molecular weight is 261 g/mol. The number of hydrogen-bond donors (Lipinski definition) is 1. The van der Waals surface area contributed by atoms with Gasteiger partial charge >= 0.3 is 5.97 Å². The van der Waals surface area contributed by atoms with E-state index >= 15 is 0 Å². The van der Waals surface area contributed by atoms with E-state index in [0.717, 1.165) is 25.8 Å². The third-order valence-electron chi connectivity index (χ3n) is 4.26. The molecule has 0 aliphatic carbocycles. The highest BCUT2D eigenvalue weighted by atomic mass is 16.4.